The number of amides is 1. The van der Waals surface area contributed by atoms with Crippen molar-refractivity contribution in [2.75, 3.05) is 33.2 Å². The van der Waals surface area contributed by atoms with Gasteiger partial charge in [-0.2, -0.15) is 0 Å². The van der Waals surface area contributed by atoms with Crippen molar-refractivity contribution in [3.8, 4) is 0 Å². The molecule has 3 nitrogen and oxygen atoms in total. The molecule has 0 spiro atoms. The molecule has 1 saturated heterocycles. The van der Waals surface area contributed by atoms with E-state index in [9.17, 15) is 4.79 Å². The van der Waals surface area contributed by atoms with Crippen LogP contribution in [0.3, 0.4) is 0 Å². The van der Waals surface area contributed by atoms with Gasteiger partial charge < -0.3 is 9.80 Å². The number of likely N-dealkylation sites (N-methyl/N-ethyl adjacent to an activating group) is 1. The summed E-state index contributed by atoms with van der Waals surface area (Å²) in [6, 6.07) is 0. The predicted octanol–water partition coefficient (Wildman–Crippen LogP) is 0.337. The van der Waals surface area contributed by atoms with E-state index in [1.54, 1.807) is 12.2 Å². The molecular formula is C9H16N2O. The predicted molar refractivity (Wildman–Crippen MR) is 48.9 cm³/mol. The zero-order valence-corrected chi connectivity index (χ0v) is 7.79. The quantitative estimate of drug-likeness (QED) is 0.527. The van der Waals surface area contributed by atoms with Gasteiger partial charge >= 0.3 is 0 Å². The molecule has 0 unspecified atom stereocenters. The summed E-state index contributed by atoms with van der Waals surface area (Å²) in [6.07, 6.45) is 3.42. The maximum Gasteiger partial charge on any atom is 0.246 e. The molecule has 3 heteroatoms. The van der Waals surface area contributed by atoms with Gasteiger partial charge in [0.15, 0.2) is 0 Å². The molecule has 1 heterocycles. The zero-order chi connectivity index (χ0) is 8.97. The molecule has 1 fully saturated rings. The van der Waals surface area contributed by atoms with Crippen LogP contribution in [-0.2, 0) is 4.79 Å². The highest BCUT2D eigenvalue weighted by atomic mass is 16.2. The van der Waals surface area contributed by atoms with E-state index in [1.807, 2.05) is 11.8 Å². The molecule has 1 aliphatic heterocycles. The second-order valence-corrected chi connectivity index (χ2v) is 3.13. The average Bonchev–Trinajstić information content (AvgIpc) is 2.06. The first-order valence-corrected chi connectivity index (χ1v) is 4.34. The summed E-state index contributed by atoms with van der Waals surface area (Å²) in [4.78, 5) is 15.4. The molecule has 0 saturated carbocycles. The Balaban J connectivity index is 2.39. The van der Waals surface area contributed by atoms with Crippen LogP contribution in [0.25, 0.3) is 0 Å². The third kappa shape index (κ3) is 2.34. The smallest absolute Gasteiger partial charge is 0.246 e. The first kappa shape index (κ1) is 9.26. The van der Waals surface area contributed by atoms with E-state index in [4.69, 9.17) is 0 Å². The third-order valence-corrected chi connectivity index (χ3v) is 2.12. The summed E-state index contributed by atoms with van der Waals surface area (Å²) in [5.74, 6) is 0.144. The molecular weight excluding hydrogens is 152 g/mol. The maximum absolute atomic E-state index is 11.3. The second kappa shape index (κ2) is 4.26. The Labute approximate surface area is 73.6 Å². The van der Waals surface area contributed by atoms with Crippen LogP contribution in [0.2, 0.25) is 0 Å². The summed E-state index contributed by atoms with van der Waals surface area (Å²) in [7, 11) is 2.08. The Morgan fingerprint density at radius 2 is 1.83 bits per heavy atom. The Morgan fingerprint density at radius 3 is 2.33 bits per heavy atom. The van der Waals surface area contributed by atoms with E-state index < -0.39 is 0 Å². The molecule has 0 aliphatic carbocycles. The molecule has 0 aromatic heterocycles. The van der Waals surface area contributed by atoms with Crippen LogP contribution >= 0.6 is 0 Å². The SMILES string of the molecule is CC=CC(=O)N1CCN(C)CC1. The van der Waals surface area contributed by atoms with E-state index in [0.717, 1.165) is 26.2 Å². The minimum atomic E-state index is 0.144. The highest BCUT2D eigenvalue weighted by Gasteiger charge is 2.16. The van der Waals surface area contributed by atoms with Crippen LogP contribution in [0.1, 0.15) is 6.92 Å². The lowest BCUT2D eigenvalue weighted by Gasteiger charge is -2.31. The minimum absolute atomic E-state index is 0.144. The fourth-order valence-corrected chi connectivity index (χ4v) is 1.27. The Hall–Kier alpha value is -0.830. The molecule has 0 aromatic rings. The number of piperazine rings is 1. The fourth-order valence-electron chi connectivity index (χ4n) is 1.27. The van der Waals surface area contributed by atoms with Gasteiger partial charge in [0.05, 0.1) is 0 Å². The van der Waals surface area contributed by atoms with E-state index in [2.05, 4.69) is 11.9 Å². The van der Waals surface area contributed by atoms with E-state index >= 15 is 0 Å². The van der Waals surface area contributed by atoms with Crippen molar-refractivity contribution in [2.24, 2.45) is 0 Å². The zero-order valence-electron chi connectivity index (χ0n) is 7.79. The first-order valence-electron chi connectivity index (χ1n) is 4.34. The van der Waals surface area contributed by atoms with Crippen molar-refractivity contribution in [3.63, 3.8) is 0 Å². The second-order valence-electron chi connectivity index (χ2n) is 3.13. The summed E-state index contributed by atoms with van der Waals surface area (Å²) >= 11 is 0. The van der Waals surface area contributed by atoms with Gasteiger partial charge in [0, 0.05) is 26.2 Å². The molecule has 0 N–H and O–H groups in total. The fraction of sp³-hybridized carbons (Fsp3) is 0.667. The summed E-state index contributed by atoms with van der Waals surface area (Å²) in [6.45, 7) is 5.57. The van der Waals surface area contributed by atoms with Gasteiger partial charge in [-0.05, 0) is 20.0 Å². The molecule has 0 bridgehead atoms. The van der Waals surface area contributed by atoms with E-state index in [-0.39, 0.29) is 5.91 Å². The van der Waals surface area contributed by atoms with Crippen molar-refractivity contribution < 1.29 is 4.79 Å². The lowest BCUT2D eigenvalue weighted by Crippen LogP contribution is -2.46. The van der Waals surface area contributed by atoms with E-state index in [0.29, 0.717) is 0 Å². The van der Waals surface area contributed by atoms with Gasteiger partial charge in [-0.25, -0.2) is 0 Å². The molecule has 0 atom stereocenters. The number of hydrogen-bond acceptors (Lipinski definition) is 2. The van der Waals surface area contributed by atoms with Gasteiger partial charge in [-0.1, -0.05) is 6.08 Å². The van der Waals surface area contributed by atoms with Crippen molar-refractivity contribution in [1.82, 2.24) is 9.80 Å². The maximum atomic E-state index is 11.3. The molecule has 68 valence electrons. The first-order chi connectivity index (χ1) is 5.74. The molecule has 0 radical (unpaired) electrons. The van der Waals surface area contributed by atoms with Crippen LogP contribution in [0.4, 0.5) is 0 Å². The van der Waals surface area contributed by atoms with Crippen LogP contribution in [0.5, 0.6) is 0 Å². The average molecular weight is 168 g/mol. The highest BCUT2D eigenvalue weighted by Crippen LogP contribution is 1.99. The largest absolute Gasteiger partial charge is 0.337 e. The summed E-state index contributed by atoms with van der Waals surface area (Å²) in [5, 5.41) is 0. The molecule has 12 heavy (non-hydrogen) atoms. The van der Waals surface area contributed by atoms with Crippen LogP contribution in [-0.4, -0.2) is 48.9 Å². The lowest BCUT2D eigenvalue weighted by atomic mass is 10.3. The summed E-state index contributed by atoms with van der Waals surface area (Å²) in [5.41, 5.74) is 0. The van der Waals surface area contributed by atoms with Crippen LogP contribution in [0.15, 0.2) is 12.2 Å². The summed E-state index contributed by atoms with van der Waals surface area (Å²) < 4.78 is 0. The van der Waals surface area contributed by atoms with Crippen molar-refractivity contribution in [1.29, 1.82) is 0 Å². The molecule has 1 amide bonds. The van der Waals surface area contributed by atoms with Crippen molar-refractivity contribution in [3.05, 3.63) is 12.2 Å². The number of hydrogen-bond donors (Lipinski definition) is 0. The van der Waals surface area contributed by atoms with Gasteiger partial charge in [0.25, 0.3) is 0 Å². The minimum Gasteiger partial charge on any atom is -0.337 e. The van der Waals surface area contributed by atoms with E-state index in [1.165, 1.54) is 0 Å². The number of carbonyl (C=O) groups excluding carboxylic acids is 1. The Bertz CT molecular complexity index is 181. The van der Waals surface area contributed by atoms with Gasteiger partial charge in [0.2, 0.25) is 5.91 Å². The Morgan fingerprint density at radius 1 is 1.25 bits per heavy atom. The third-order valence-electron chi connectivity index (χ3n) is 2.12. The number of carbonyl (C=O) groups is 1. The van der Waals surface area contributed by atoms with Crippen molar-refractivity contribution >= 4 is 5.91 Å². The van der Waals surface area contributed by atoms with Crippen LogP contribution in [0, 0.1) is 0 Å². The standard InChI is InChI=1S/C9H16N2O/c1-3-4-9(12)11-7-5-10(2)6-8-11/h3-4H,5-8H2,1-2H3. The Kier molecular flexibility index (Phi) is 3.29. The van der Waals surface area contributed by atoms with Crippen LogP contribution < -0.4 is 0 Å². The molecule has 1 rings (SSSR count). The van der Waals surface area contributed by atoms with Gasteiger partial charge in [-0.15, -0.1) is 0 Å². The number of allylic oxidation sites excluding steroid dienone is 1. The van der Waals surface area contributed by atoms with Gasteiger partial charge in [0.1, 0.15) is 0 Å². The highest BCUT2D eigenvalue weighted by molar-refractivity contribution is 5.87. The number of nitrogens with zero attached hydrogens (tertiary/aromatic N) is 2. The normalized spacial score (nSPS) is 20.3. The molecule has 0 aromatic carbocycles. The lowest BCUT2D eigenvalue weighted by molar-refractivity contribution is -0.127. The van der Waals surface area contributed by atoms with Crippen molar-refractivity contribution in [2.45, 2.75) is 6.92 Å². The monoisotopic (exact) mass is 168 g/mol. The number of rotatable bonds is 1. The topological polar surface area (TPSA) is 23.6 Å². The van der Waals surface area contributed by atoms with Gasteiger partial charge in [-0.3, -0.25) is 4.79 Å². The molecule has 1 aliphatic rings.